The smallest absolute Gasteiger partial charge is 0.244 e. The number of hydrogen-bond acceptors (Lipinski definition) is 2. The van der Waals surface area contributed by atoms with Gasteiger partial charge in [0.15, 0.2) is 0 Å². The summed E-state index contributed by atoms with van der Waals surface area (Å²) in [5.74, 6) is -1.09. The van der Waals surface area contributed by atoms with Crippen LogP contribution in [0.15, 0.2) is 42.5 Å². The van der Waals surface area contributed by atoms with Crippen LogP contribution in [-0.2, 0) is 9.59 Å². The van der Waals surface area contributed by atoms with E-state index in [-0.39, 0.29) is 18.4 Å². The quantitative estimate of drug-likeness (QED) is 0.925. The molecule has 1 N–H and O–H groups in total. The lowest BCUT2D eigenvalue weighted by Gasteiger charge is -2.20. The number of aryl methyl sites for hydroxylation is 1. The van der Waals surface area contributed by atoms with Crippen molar-refractivity contribution in [2.45, 2.75) is 13.8 Å². The SMILES string of the molecule is CC(=O)N(CC(=O)Nc1ccc(C)c(Cl)c1)c1ccc(F)cc1. The molecule has 2 aromatic carbocycles. The summed E-state index contributed by atoms with van der Waals surface area (Å²) >= 11 is 6.01. The zero-order valence-electron chi connectivity index (χ0n) is 12.8. The number of benzene rings is 2. The first-order valence-electron chi connectivity index (χ1n) is 6.96. The van der Waals surface area contributed by atoms with Crippen molar-refractivity contribution in [3.63, 3.8) is 0 Å². The van der Waals surface area contributed by atoms with E-state index in [1.807, 2.05) is 6.92 Å². The molecule has 2 aromatic rings. The normalized spacial score (nSPS) is 10.3. The van der Waals surface area contributed by atoms with E-state index < -0.39 is 5.82 Å². The molecule has 0 atom stereocenters. The lowest BCUT2D eigenvalue weighted by Crippen LogP contribution is -2.36. The molecule has 0 aliphatic heterocycles. The second-order valence-electron chi connectivity index (χ2n) is 5.09. The molecule has 0 saturated carbocycles. The van der Waals surface area contributed by atoms with Crippen molar-refractivity contribution in [3.8, 4) is 0 Å². The van der Waals surface area contributed by atoms with E-state index in [0.717, 1.165) is 5.56 Å². The molecule has 0 spiro atoms. The van der Waals surface area contributed by atoms with Crippen molar-refractivity contribution in [1.82, 2.24) is 0 Å². The molecule has 0 bridgehead atoms. The van der Waals surface area contributed by atoms with Crippen LogP contribution < -0.4 is 10.2 Å². The third kappa shape index (κ3) is 4.53. The zero-order valence-corrected chi connectivity index (χ0v) is 13.5. The van der Waals surface area contributed by atoms with E-state index in [4.69, 9.17) is 11.6 Å². The van der Waals surface area contributed by atoms with E-state index in [2.05, 4.69) is 5.32 Å². The Hall–Kier alpha value is -2.40. The number of carbonyl (C=O) groups excluding carboxylic acids is 2. The number of nitrogens with one attached hydrogen (secondary N) is 1. The van der Waals surface area contributed by atoms with Crippen LogP contribution in [0.25, 0.3) is 0 Å². The molecule has 6 heteroatoms. The summed E-state index contributed by atoms with van der Waals surface area (Å²) in [6.07, 6.45) is 0. The topological polar surface area (TPSA) is 49.4 Å². The van der Waals surface area contributed by atoms with Crippen molar-refractivity contribution in [2.75, 3.05) is 16.8 Å². The molecule has 2 rings (SSSR count). The molecule has 0 heterocycles. The molecule has 2 amide bonds. The highest BCUT2D eigenvalue weighted by molar-refractivity contribution is 6.31. The molecule has 23 heavy (non-hydrogen) atoms. The third-order valence-electron chi connectivity index (χ3n) is 3.28. The van der Waals surface area contributed by atoms with E-state index in [0.29, 0.717) is 16.4 Å². The average Bonchev–Trinajstić information content (AvgIpc) is 2.49. The Labute approximate surface area is 138 Å². The number of rotatable bonds is 4. The highest BCUT2D eigenvalue weighted by Crippen LogP contribution is 2.20. The van der Waals surface area contributed by atoms with Crippen LogP contribution in [0.5, 0.6) is 0 Å². The van der Waals surface area contributed by atoms with Crippen LogP contribution in [-0.4, -0.2) is 18.4 Å². The van der Waals surface area contributed by atoms with Crippen LogP contribution in [0, 0.1) is 12.7 Å². The van der Waals surface area contributed by atoms with Gasteiger partial charge in [-0.05, 0) is 48.9 Å². The summed E-state index contributed by atoms with van der Waals surface area (Å²) in [5, 5.41) is 3.23. The first kappa shape index (κ1) is 17.0. The second-order valence-corrected chi connectivity index (χ2v) is 5.50. The lowest BCUT2D eigenvalue weighted by atomic mass is 10.2. The van der Waals surface area contributed by atoms with Crippen molar-refractivity contribution in [3.05, 3.63) is 58.9 Å². The van der Waals surface area contributed by atoms with E-state index >= 15 is 0 Å². The Kier molecular flexibility index (Phi) is 5.34. The predicted octanol–water partition coefficient (Wildman–Crippen LogP) is 3.78. The fraction of sp³-hybridized carbons (Fsp3) is 0.176. The van der Waals surface area contributed by atoms with Crippen LogP contribution in [0.1, 0.15) is 12.5 Å². The molecule has 0 fully saturated rings. The summed E-state index contributed by atoms with van der Waals surface area (Å²) in [5.41, 5.74) is 1.91. The van der Waals surface area contributed by atoms with Gasteiger partial charge >= 0.3 is 0 Å². The Bertz CT molecular complexity index is 732. The molecule has 0 saturated heterocycles. The van der Waals surface area contributed by atoms with Gasteiger partial charge in [-0.15, -0.1) is 0 Å². The zero-order chi connectivity index (χ0) is 17.0. The molecule has 0 aromatic heterocycles. The maximum absolute atomic E-state index is 13.0. The second kappa shape index (κ2) is 7.24. The van der Waals surface area contributed by atoms with Gasteiger partial charge in [0.1, 0.15) is 12.4 Å². The largest absolute Gasteiger partial charge is 0.324 e. The van der Waals surface area contributed by atoms with Crippen LogP contribution in [0.2, 0.25) is 5.02 Å². The number of nitrogens with zero attached hydrogens (tertiary/aromatic N) is 1. The van der Waals surface area contributed by atoms with Gasteiger partial charge in [-0.2, -0.15) is 0 Å². The standard InChI is InChI=1S/C17H16ClFN2O2/c1-11-3-6-14(9-16(11)18)20-17(23)10-21(12(2)22)15-7-4-13(19)5-8-15/h3-9H,10H2,1-2H3,(H,20,23). The van der Waals surface area contributed by atoms with Crippen LogP contribution in [0.3, 0.4) is 0 Å². The Morgan fingerprint density at radius 2 is 1.83 bits per heavy atom. The van der Waals surface area contributed by atoms with Crippen LogP contribution >= 0.6 is 11.6 Å². The Morgan fingerprint density at radius 1 is 1.17 bits per heavy atom. The molecular weight excluding hydrogens is 319 g/mol. The maximum Gasteiger partial charge on any atom is 0.244 e. The highest BCUT2D eigenvalue weighted by atomic mass is 35.5. The number of amides is 2. The molecule has 4 nitrogen and oxygen atoms in total. The number of halogens is 2. The summed E-state index contributed by atoms with van der Waals surface area (Å²) < 4.78 is 13.0. The van der Waals surface area contributed by atoms with E-state index in [1.165, 1.54) is 36.1 Å². The number of hydrogen-bond donors (Lipinski definition) is 1. The van der Waals surface area contributed by atoms with Gasteiger partial charge in [-0.25, -0.2) is 4.39 Å². The Morgan fingerprint density at radius 3 is 2.39 bits per heavy atom. The third-order valence-corrected chi connectivity index (χ3v) is 3.68. The number of anilines is 2. The fourth-order valence-corrected chi connectivity index (χ4v) is 2.20. The minimum Gasteiger partial charge on any atom is -0.324 e. The van der Waals surface area contributed by atoms with E-state index in [9.17, 15) is 14.0 Å². The van der Waals surface area contributed by atoms with Crippen molar-refractivity contribution >= 4 is 34.8 Å². The first-order chi connectivity index (χ1) is 10.9. The molecule has 0 aliphatic rings. The van der Waals surface area contributed by atoms with Crippen LogP contribution in [0.4, 0.5) is 15.8 Å². The molecule has 120 valence electrons. The predicted molar refractivity (Wildman–Crippen MR) is 89.2 cm³/mol. The van der Waals surface area contributed by atoms with Crippen molar-refractivity contribution < 1.29 is 14.0 Å². The highest BCUT2D eigenvalue weighted by Gasteiger charge is 2.16. The summed E-state index contributed by atoms with van der Waals surface area (Å²) in [6.45, 7) is 3.03. The van der Waals surface area contributed by atoms with Crippen molar-refractivity contribution in [1.29, 1.82) is 0 Å². The average molecular weight is 335 g/mol. The van der Waals surface area contributed by atoms with Crippen molar-refractivity contribution in [2.24, 2.45) is 0 Å². The fourth-order valence-electron chi connectivity index (χ4n) is 2.02. The van der Waals surface area contributed by atoms with Gasteiger partial charge in [0, 0.05) is 23.3 Å². The van der Waals surface area contributed by atoms with Gasteiger partial charge < -0.3 is 10.2 Å². The molecule has 0 radical (unpaired) electrons. The van der Waals surface area contributed by atoms with Gasteiger partial charge in [0.25, 0.3) is 0 Å². The minimum absolute atomic E-state index is 0.174. The Balaban J connectivity index is 2.10. The summed E-state index contributed by atoms with van der Waals surface area (Å²) in [7, 11) is 0. The minimum atomic E-state index is -0.406. The monoisotopic (exact) mass is 334 g/mol. The van der Waals surface area contributed by atoms with Gasteiger partial charge in [0.2, 0.25) is 11.8 Å². The van der Waals surface area contributed by atoms with Gasteiger partial charge in [0.05, 0.1) is 0 Å². The van der Waals surface area contributed by atoms with Gasteiger partial charge in [-0.3, -0.25) is 9.59 Å². The summed E-state index contributed by atoms with van der Waals surface area (Å²) in [6, 6.07) is 10.5. The lowest BCUT2D eigenvalue weighted by molar-refractivity contribution is -0.120. The molecule has 0 aliphatic carbocycles. The molecular formula is C17H16ClFN2O2. The first-order valence-corrected chi connectivity index (χ1v) is 7.34. The number of carbonyl (C=O) groups is 2. The maximum atomic E-state index is 13.0. The summed E-state index contributed by atoms with van der Waals surface area (Å²) in [4.78, 5) is 25.2. The van der Waals surface area contributed by atoms with Gasteiger partial charge in [-0.1, -0.05) is 17.7 Å². The van der Waals surface area contributed by atoms with E-state index in [1.54, 1.807) is 18.2 Å². The molecule has 0 unspecified atom stereocenters.